The number of allylic oxidation sites excluding steroid dienone is 2. The van der Waals surface area contributed by atoms with Gasteiger partial charge in [0, 0.05) is 12.5 Å². The largest absolute Gasteiger partial charge is 0.504 e. The summed E-state index contributed by atoms with van der Waals surface area (Å²) in [6, 6.07) is 4.66. The Morgan fingerprint density at radius 1 is 0.921 bits per heavy atom. The molecule has 0 aliphatic carbocycles. The van der Waals surface area contributed by atoms with E-state index in [1.807, 2.05) is 0 Å². The van der Waals surface area contributed by atoms with E-state index in [-0.39, 0.29) is 18.8 Å². The van der Waals surface area contributed by atoms with Crippen molar-refractivity contribution in [3.8, 4) is 11.5 Å². The lowest BCUT2D eigenvalue weighted by atomic mass is 10.1. The van der Waals surface area contributed by atoms with E-state index in [1.54, 1.807) is 12.1 Å². The van der Waals surface area contributed by atoms with Crippen molar-refractivity contribution in [1.29, 1.82) is 0 Å². The highest BCUT2D eigenvalue weighted by molar-refractivity contribution is 5.87. The maximum Gasteiger partial charge on any atom is 0.330 e. The molecule has 0 bridgehead atoms. The number of carbonyl (C=O) groups is 2. The van der Waals surface area contributed by atoms with Crippen LogP contribution in [-0.2, 0) is 19.1 Å². The van der Waals surface area contributed by atoms with Crippen molar-refractivity contribution >= 4 is 18.0 Å². The van der Waals surface area contributed by atoms with Crippen LogP contribution >= 0.6 is 0 Å². The van der Waals surface area contributed by atoms with Gasteiger partial charge in [0.2, 0.25) is 0 Å². The molecule has 7 nitrogen and oxygen atoms in total. The van der Waals surface area contributed by atoms with Crippen molar-refractivity contribution in [3.05, 3.63) is 42.0 Å². The summed E-state index contributed by atoms with van der Waals surface area (Å²) < 4.78 is 15.3. The third-order valence-corrected chi connectivity index (χ3v) is 6.17. The molecule has 1 aromatic carbocycles. The minimum Gasteiger partial charge on any atom is -0.504 e. The molecule has 0 saturated heterocycles. The van der Waals surface area contributed by atoms with E-state index in [4.69, 9.17) is 14.2 Å². The standard InChI is InChI=1S/C31H48O7/c1-3-4-5-6-7-8-9-10-11-12-13-14-15-16-17-18-31(35)38-27(24-32)25-37-30(34)22-20-26-19-21-28(33)29(23-26)36-2/h10-11,19-23,27,32-33H,3-9,12-18,24-25H2,1-2H3/t27-/m0/s1. The highest BCUT2D eigenvalue weighted by atomic mass is 16.6. The number of aliphatic hydroxyl groups excluding tert-OH is 1. The number of phenols is 1. The summed E-state index contributed by atoms with van der Waals surface area (Å²) in [7, 11) is 1.44. The first-order valence-corrected chi connectivity index (χ1v) is 14.2. The summed E-state index contributed by atoms with van der Waals surface area (Å²) >= 11 is 0. The molecule has 2 N–H and O–H groups in total. The van der Waals surface area contributed by atoms with Crippen molar-refractivity contribution in [2.24, 2.45) is 0 Å². The fourth-order valence-electron chi connectivity index (χ4n) is 3.89. The highest BCUT2D eigenvalue weighted by Crippen LogP contribution is 2.26. The molecule has 0 aromatic heterocycles. The van der Waals surface area contributed by atoms with Gasteiger partial charge in [-0.3, -0.25) is 4.79 Å². The molecule has 1 rings (SSSR count). The average Bonchev–Trinajstić information content (AvgIpc) is 2.92. The smallest absolute Gasteiger partial charge is 0.330 e. The molecule has 0 aliphatic rings. The Balaban J connectivity index is 2.09. The molecule has 214 valence electrons. The number of rotatable bonds is 22. The van der Waals surface area contributed by atoms with Crippen LogP contribution in [0.4, 0.5) is 0 Å². The van der Waals surface area contributed by atoms with Gasteiger partial charge in [-0.2, -0.15) is 0 Å². The minimum atomic E-state index is -0.892. The number of methoxy groups -OCH3 is 1. The maximum atomic E-state index is 12.1. The predicted molar refractivity (Wildman–Crippen MR) is 151 cm³/mol. The second-order valence-corrected chi connectivity index (χ2v) is 9.52. The zero-order valence-corrected chi connectivity index (χ0v) is 23.4. The van der Waals surface area contributed by atoms with Gasteiger partial charge < -0.3 is 24.4 Å². The lowest BCUT2D eigenvalue weighted by Gasteiger charge is -2.15. The molecule has 0 spiro atoms. The Labute approximate surface area is 228 Å². The van der Waals surface area contributed by atoms with Crippen molar-refractivity contribution in [3.63, 3.8) is 0 Å². The van der Waals surface area contributed by atoms with E-state index in [1.165, 1.54) is 76.7 Å². The first-order valence-electron chi connectivity index (χ1n) is 14.2. The van der Waals surface area contributed by atoms with E-state index in [0.717, 1.165) is 32.1 Å². The van der Waals surface area contributed by atoms with Crippen LogP contribution in [0.2, 0.25) is 0 Å². The topological polar surface area (TPSA) is 102 Å². The molecular formula is C31H48O7. The normalized spacial score (nSPS) is 12.2. The van der Waals surface area contributed by atoms with Crippen LogP contribution in [0.25, 0.3) is 6.08 Å². The molecule has 1 aromatic rings. The van der Waals surface area contributed by atoms with Crippen LogP contribution in [-0.4, -0.2) is 48.6 Å². The monoisotopic (exact) mass is 532 g/mol. The Bertz CT molecular complexity index is 832. The Morgan fingerprint density at radius 2 is 1.55 bits per heavy atom. The number of aromatic hydroxyl groups is 1. The van der Waals surface area contributed by atoms with E-state index >= 15 is 0 Å². The van der Waals surface area contributed by atoms with Gasteiger partial charge in [0.15, 0.2) is 17.6 Å². The number of carbonyl (C=O) groups excluding carboxylic acids is 2. The van der Waals surface area contributed by atoms with Crippen molar-refractivity contribution in [2.75, 3.05) is 20.3 Å². The summed E-state index contributed by atoms with van der Waals surface area (Å²) in [5, 5.41) is 19.1. The minimum absolute atomic E-state index is 0.00148. The van der Waals surface area contributed by atoms with Gasteiger partial charge in [0.1, 0.15) is 6.61 Å². The van der Waals surface area contributed by atoms with Crippen molar-refractivity contribution in [1.82, 2.24) is 0 Å². The van der Waals surface area contributed by atoms with Gasteiger partial charge in [-0.1, -0.05) is 76.5 Å². The van der Waals surface area contributed by atoms with Crippen LogP contribution in [0, 0.1) is 0 Å². The number of phenolic OH excluding ortho intramolecular Hbond substituents is 1. The molecule has 0 radical (unpaired) electrons. The zero-order chi connectivity index (χ0) is 27.8. The van der Waals surface area contributed by atoms with E-state index in [0.29, 0.717) is 11.3 Å². The Kier molecular flexibility index (Phi) is 19.4. The fourth-order valence-corrected chi connectivity index (χ4v) is 3.89. The predicted octanol–water partition coefficient (Wildman–Crippen LogP) is 6.90. The SMILES string of the molecule is CCCCCCCCC=CCCCCCCCC(=O)O[C@@H](CO)COC(=O)C=Cc1ccc(O)c(OC)c1. The molecule has 0 saturated carbocycles. The third-order valence-electron chi connectivity index (χ3n) is 6.17. The summed E-state index contributed by atoms with van der Waals surface area (Å²) in [4.78, 5) is 24.0. The Hall–Kier alpha value is -2.80. The number of benzene rings is 1. The van der Waals surface area contributed by atoms with Gasteiger partial charge in [0.05, 0.1) is 13.7 Å². The van der Waals surface area contributed by atoms with E-state index in [9.17, 15) is 19.8 Å². The molecule has 7 heteroatoms. The van der Waals surface area contributed by atoms with Crippen LogP contribution in [0.3, 0.4) is 0 Å². The van der Waals surface area contributed by atoms with Gasteiger partial charge in [-0.15, -0.1) is 0 Å². The van der Waals surface area contributed by atoms with E-state index in [2.05, 4.69) is 19.1 Å². The molecule has 0 aliphatic heterocycles. The Morgan fingerprint density at radius 3 is 2.18 bits per heavy atom. The molecule has 0 unspecified atom stereocenters. The first kappa shape index (κ1) is 33.2. The lowest BCUT2D eigenvalue weighted by Crippen LogP contribution is -2.28. The molecule has 0 amide bonds. The van der Waals surface area contributed by atoms with Gasteiger partial charge in [-0.05, 0) is 55.9 Å². The molecule has 0 heterocycles. The fraction of sp³-hybridized carbons (Fsp3) is 0.613. The molecule has 1 atom stereocenters. The van der Waals surface area contributed by atoms with Gasteiger partial charge >= 0.3 is 11.9 Å². The van der Waals surface area contributed by atoms with Crippen LogP contribution in [0.5, 0.6) is 11.5 Å². The van der Waals surface area contributed by atoms with Crippen LogP contribution in [0.15, 0.2) is 36.4 Å². The summed E-state index contributed by atoms with van der Waals surface area (Å²) in [5.74, 6) is -0.742. The van der Waals surface area contributed by atoms with Crippen molar-refractivity contribution in [2.45, 2.75) is 103 Å². The zero-order valence-electron chi connectivity index (χ0n) is 23.4. The highest BCUT2D eigenvalue weighted by Gasteiger charge is 2.15. The average molecular weight is 533 g/mol. The second kappa shape index (κ2) is 22.2. The number of ether oxygens (including phenoxy) is 3. The second-order valence-electron chi connectivity index (χ2n) is 9.52. The number of unbranched alkanes of at least 4 members (excludes halogenated alkanes) is 11. The third kappa shape index (κ3) is 16.8. The van der Waals surface area contributed by atoms with Crippen LogP contribution in [0.1, 0.15) is 102 Å². The number of hydrogen-bond acceptors (Lipinski definition) is 7. The first-order chi connectivity index (χ1) is 18.5. The van der Waals surface area contributed by atoms with E-state index < -0.39 is 24.6 Å². The number of aliphatic hydroxyl groups is 1. The summed E-state index contributed by atoms with van der Waals surface area (Å²) in [6.45, 7) is 1.59. The maximum absolute atomic E-state index is 12.1. The summed E-state index contributed by atoms with van der Waals surface area (Å²) in [5.41, 5.74) is 0.640. The molecule has 38 heavy (non-hydrogen) atoms. The molecular weight excluding hydrogens is 484 g/mol. The summed E-state index contributed by atoms with van der Waals surface area (Å²) in [6.07, 6.45) is 22.2. The number of hydrogen-bond donors (Lipinski definition) is 2. The van der Waals surface area contributed by atoms with Gasteiger partial charge in [-0.25, -0.2) is 4.79 Å². The number of esters is 2. The van der Waals surface area contributed by atoms with Gasteiger partial charge in [0.25, 0.3) is 0 Å². The molecule has 0 fully saturated rings. The van der Waals surface area contributed by atoms with Crippen molar-refractivity contribution < 1.29 is 34.0 Å². The van der Waals surface area contributed by atoms with Crippen LogP contribution < -0.4 is 4.74 Å². The lowest BCUT2D eigenvalue weighted by molar-refractivity contribution is -0.159. The quantitative estimate of drug-likeness (QED) is 0.0725.